The Labute approximate surface area is 108 Å². The van der Waals surface area contributed by atoms with E-state index in [1.54, 1.807) is 6.07 Å². The average molecular weight is 257 g/mol. The molecule has 0 fully saturated rings. The molecular weight excluding hydrogens is 249 g/mol. The fourth-order valence-electron chi connectivity index (χ4n) is 1.43. The molecule has 1 aromatic carbocycles. The van der Waals surface area contributed by atoms with Crippen LogP contribution in [-0.4, -0.2) is 16.0 Å². The SMILES string of the molecule is N#Cc1ccc(NC(=O)c2cncc(O)c2)c(F)c1. The van der Waals surface area contributed by atoms with E-state index in [2.05, 4.69) is 10.3 Å². The minimum Gasteiger partial charge on any atom is -0.506 e. The summed E-state index contributed by atoms with van der Waals surface area (Å²) in [6.07, 6.45) is 2.43. The van der Waals surface area contributed by atoms with E-state index in [1.807, 2.05) is 0 Å². The first kappa shape index (κ1) is 12.5. The molecule has 0 radical (unpaired) electrons. The van der Waals surface area contributed by atoms with Crippen LogP contribution in [0.1, 0.15) is 15.9 Å². The number of aromatic hydroxyl groups is 1. The van der Waals surface area contributed by atoms with E-state index < -0.39 is 11.7 Å². The first-order chi connectivity index (χ1) is 9.10. The number of carbonyl (C=O) groups is 1. The third kappa shape index (κ3) is 2.84. The smallest absolute Gasteiger partial charge is 0.257 e. The highest BCUT2D eigenvalue weighted by molar-refractivity contribution is 6.04. The van der Waals surface area contributed by atoms with Gasteiger partial charge in [0.05, 0.1) is 29.1 Å². The Hall–Kier alpha value is -2.94. The van der Waals surface area contributed by atoms with Crippen LogP contribution in [-0.2, 0) is 0 Å². The van der Waals surface area contributed by atoms with Gasteiger partial charge in [0.25, 0.3) is 5.91 Å². The summed E-state index contributed by atoms with van der Waals surface area (Å²) in [5.41, 5.74) is 0.214. The van der Waals surface area contributed by atoms with E-state index in [0.29, 0.717) is 0 Å². The Morgan fingerprint density at radius 1 is 1.37 bits per heavy atom. The molecule has 0 atom stereocenters. The number of benzene rings is 1. The molecule has 0 aliphatic heterocycles. The molecule has 1 amide bonds. The van der Waals surface area contributed by atoms with Crippen LogP contribution in [0.5, 0.6) is 5.75 Å². The Morgan fingerprint density at radius 2 is 2.16 bits per heavy atom. The number of hydrogen-bond acceptors (Lipinski definition) is 4. The van der Waals surface area contributed by atoms with E-state index in [9.17, 15) is 14.3 Å². The van der Waals surface area contributed by atoms with E-state index >= 15 is 0 Å². The van der Waals surface area contributed by atoms with E-state index in [1.165, 1.54) is 30.6 Å². The van der Waals surface area contributed by atoms with Gasteiger partial charge in [0.15, 0.2) is 0 Å². The Kier molecular flexibility index (Phi) is 3.39. The predicted molar refractivity (Wildman–Crippen MR) is 65.0 cm³/mol. The maximum absolute atomic E-state index is 13.6. The fourth-order valence-corrected chi connectivity index (χ4v) is 1.43. The molecule has 2 aromatic rings. The van der Waals surface area contributed by atoms with Gasteiger partial charge in [-0.05, 0) is 24.3 Å². The van der Waals surface area contributed by atoms with Gasteiger partial charge < -0.3 is 10.4 Å². The molecule has 5 nitrogen and oxygen atoms in total. The summed E-state index contributed by atoms with van der Waals surface area (Å²) < 4.78 is 13.6. The topological polar surface area (TPSA) is 86.0 Å². The van der Waals surface area contributed by atoms with Gasteiger partial charge in [0, 0.05) is 6.20 Å². The molecular formula is C13H8FN3O2. The van der Waals surface area contributed by atoms with Crippen molar-refractivity contribution in [1.29, 1.82) is 5.26 Å². The van der Waals surface area contributed by atoms with Crippen molar-refractivity contribution < 1.29 is 14.3 Å². The zero-order valence-electron chi connectivity index (χ0n) is 9.59. The number of nitrogens with one attached hydrogen (secondary N) is 1. The van der Waals surface area contributed by atoms with Gasteiger partial charge in [0.1, 0.15) is 11.6 Å². The maximum atomic E-state index is 13.6. The van der Waals surface area contributed by atoms with Crippen molar-refractivity contribution in [1.82, 2.24) is 4.98 Å². The van der Waals surface area contributed by atoms with Gasteiger partial charge in [-0.15, -0.1) is 0 Å². The minimum absolute atomic E-state index is 0.0488. The molecule has 0 unspecified atom stereocenters. The molecule has 0 saturated heterocycles. The van der Waals surface area contributed by atoms with Gasteiger partial charge in [-0.2, -0.15) is 5.26 Å². The molecule has 1 aromatic heterocycles. The van der Waals surface area contributed by atoms with Crippen molar-refractivity contribution in [2.24, 2.45) is 0 Å². The lowest BCUT2D eigenvalue weighted by Crippen LogP contribution is -2.13. The molecule has 2 N–H and O–H groups in total. The van der Waals surface area contributed by atoms with Gasteiger partial charge >= 0.3 is 0 Å². The second-order valence-electron chi connectivity index (χ2n) is 3.69. The van der Waals surface area contributed by atoms with Crippen LogP contribution >= 0.6 is 0 Å². The average Bonchev–Trinajstić information content (AvgIpc) is 2.41. The monoisotopic (exact) mass is 257 g/mol. The predicted octanol–water partition coefficient (Wildman–Crippen LogP) is 2.05. The second kappa shape index (κ2) is 5.14. The quantitative estimate of drug-likeness (QED) is 0.862. The van der Waals surface area contributed by atoms with Gasteiger partial charge in [-0.1, -0.05) is 0 Å². The number of carbonyl (C=O) groups excluding carboxylic acids is 1. The molecule has 19 heavy (non-hydrogen) atoms. The molecule has 0 aliphatic carbocycles. The molecule has 2 rings (SSSR count). The standard InChI is InChI=1S/C13H8FN3O2/c14-11-3-8(5-15)1-2-12(11)17-13(19)9-4-10(18)7-16-6-9/h1-4,6-7,18H,(H,17,19). The third-order valence-corrected chi connectivity index (χ3v) is 2.33. The molecule has 0 bridgehead atoms. The van der Waals surface area contributed by atoms with Crippen molar-refractivity contribution in [3.05, 3.63) is 53.6 Å². The molecule has 0 spiro atoms. The first-order valence-electron chi connectivity index (χ1n) is 5.25. The van der Waals surface area contributed by atoms with Crippen LogP contribution in [0.3, 0.4) is 0 Å². The number of anilines is 1. The summed E-state index contributed by atoms with van der Waals surface area (Å²) in [6, 6.07) is 6.71. The maximum Gasteiger partial charge on any atom is 0.257 e. The number of rotatable bonds is 2. The van der Waals surface area contributed by atoms with Crippen LogP contribution in [0.25, 0.3) is 0 Å². The van der Waals surface area contributed by atoms with E-state index in [0.717, 1.165) is 6.07 Å². The van der Waals surface area contributed by atoms with Crippen LogP contribution in [0, 0.1) is 17.1 Å². The Morgan fingerprint density at radius 3 is 2.79 bits per heavy atom. The summed E-state index contributed by atoms with van der Waals surface area (Å²) in [7, 11) is 0. The summed E-state index contributed by atoms with van der Waals surface area (Å²) in [4.78, 5) is 15.4. The molecule has 1 heterocycles. The van der Waals surface area contributed by atoms with E-state index in [-0.39, 0.29) is 22.6 Å². The van der Waals surface area contributed by atoms with Crippen molar-refractivity contribution in [2.45, 2.75) is 0 Å². The van der Waals surface area contributed by atoms with Crippen LogP contribution in [0.15, 0.2) is 36.7 Å². The number of halogens is 1. The van der Waals surface area contributed by atoms with Gasteiger partial charge in [-0.3, -0.25) is 9.78 Å². The zero-order valence-corrected chi connectivity index (χ0v) is 9.59. The van der Waals surface area contributed by atoms with Crippen LogP contribution in [0.4, 0.5) is 10.1 Å². The molecule has 0 saturated carbocycles. The number of amides is 1. The lowest BCUT2D eigenvalue weighted by molar-refractivity contribution is 0.102. The second-order valence-corrected chi connectivity index (χ2v) is 3.69. The summed E-state index contributed by atoms with van der Waals surface area (Å²) in [5, 5.41) is 20.1. The Balaban J connectivity index is 2.22. The lowest BCUT2D eigenvalue weighted by Gasteiger charge is -2.06. The number of pyridine rings is 1. The summed E-state index contributed by atoms with van der Waals surface area (Å²) >= 11 is 0. The van der Waals surface area contributed by atoms with Crippen LogP contribution < -0.4 is 5.32 Å². The summed E-state index contributed by atoms with van der Waals surface area (Å²) in [6.45, 7) is 0. The largest absolute Gasteiger partial charge is 0.506 e. The highest BCUT2D eigenvalue weighted by Gasteiger charge is 2.10. The van der Waals surface area contributed by atoms with Crippen molar-refractivity contribution in [2.75, 3.05) is 5.32 Å². The number of aromatic nitrogens is 1. The highest BCUT2D eigenvalue weighted by Crippen LogP contribution is 2.17. The third-order valence-electron chi connectivity index (χ3n) is 2.33. The first-order valence-corrected chi connectivity index (χ1v) is 5.25. The van der Waals surface area contributed by atoms with Crippen molar-refractivity contribution in [3.8, 4) is 11.8 Å². The molecule has 6 heteroatoms. The normalized spacial score (nSPS) is 9.68. The number of nitriles is 1. The molecule has 0 aliphatic rings. The van der Waals surface area contributed by atoms with Crippen molar-refractivity contribution >= 4 is 11.6 Å². The number of nitrogens with zero attached hydrogens (tertiary/aromatic N) is 2. The lowest BCUT2D eigenvalue weighted by atomic mass is 10.2. The van der Waals surface area contributed by atoms with Gasteiger partial charge in [-0.25, -0.2) is 4.39 Å². The van der Waals surface area contributed by atoms with Gasteiger partial charge in [0.2, 0.25) is 0 Å². The summed E-state index contributed by atoms with van der Waals surface area (Å²) in [5.74, 6) is -1.47. The van der Waals surface area contributed by atoms with Crippen LogP contribution in [0.2, 0.25) is 0 Å². The molecule has 94 valence electrons. The zero-order chi connectivity index (χ0) is 13.8. The highest BCUT2D eigenvalue weighted by atomic mass is 19.1. The van der Waals surface area contributed by atoms with E-state index in [4.69, 9.17) is 5.26 Å². The number of hydrogen-bond donors (Lipinski definition) is 2. The minimum atomic E-state index is -0.708. The fraction of sp³-hybridized carbons (Fsp3) is 0. The Bertz CT molecular complexity index is 680. The van der Waals surface area contributed by atoms with Crippen molar-refractivity contribution in [3.63, 3.8) is 0 Å².